The van der Waals surface area contributed by atoms with Crippen LogP contribution in [-0.2, 0) is 14.3 Å². The highest BCUT2D eigenvalue weighted by Crippen LogP contribution is 2.19. The zero-order valence-electron chi connectivity index (χ0n) is 18.7. The molecule has 0 fully saturated rings. The number of hydrogen-bond acceptors (Lipinski definition) is 3. The van der Waals surface area contributed by atoms with Crippen molar-refractivity contribution in [1.29, 1.82) is 0 Å². The van der Waals surface area contributed by atoms with Crippen LogP contribution in [-0.4, -0.2) is 26.3 Å². The SMILES string of the molecule is COC(OC)C(=O)C(C=C(C)CCC=C(C)C)CC=C(C)CCC=C(C)C. The van der Waals surface area contributed by atoms with E-state index >= 15 is 0 Å². The third-order valence-electron chi connectivity index (χ3n) is 4.41. The maximum absolute atomic E-state index is 12.8. The van der Waals surface area contributed by atoms with Crippen LogP contribution in [0.3, 0.4) is 0 Å². The van der Waals surface area contributed by atoms with Gasteiger partial charge in [-0.15, -0.1) is 0 Å². The molecule has 0 aromatic rings. The van der Waals surface area contributed by atoms with Gasteiger partial charge in [0.15, 0.2) is 5.78 Å². The Kier molecular flexibility index (Phi) is 13.8. The summed E-state index contributed by atoms with van der Waals surface area (Å²) in [5.41, 5.74) is 5.21. The zero-order chi connectivity index (χ0) is 20.8. The Bertz CT molecular complexity index is 552. The zero-order valence-corrected chi connectivity index (χ0v) is 18.7. The molecule has 27 heavy (non-hydrogen) atoms. The van der Waals surface area contributed by atoms with Gasteiger partial charge in [0.1, 0.15) is 0 Å². The first-order valence-electron chi connectivity index (χ1n) is 9.90. The lowest BCUT2D eigenvalue weighted by Crippen LogP contribution is -2.30. The summed E-state index contributed by atoms with van der Waals surface area (Å²) in [6.45, 7) is 12.7. The second-order valence-corrected chi connectivity index (χ2v) is 7.75. The number of Topliss-reactive ketones (excluding diaryl/α,β-unsaturated/α-hetero) is 1. The number of methoxy groups -OCH3 is 2. The summed E-state index contributed by atoms with van der Waals surface area (Å²) in [7, 11) is 3.02. The topological polar surface area (TPSA) is 35.5 Å². The Morgan fingerprint density at radius 3 is 1.70 bits per heavy atom. The van der Waals surface area contributed by atoms with Crippen molar-refractivity contribution >= 4 is 5.78 Å². The molecule has 0 saturated carbocycles. The molecule has 0 N–H and O–H groups in total. The molecule has 0 amide bonds. The number of allylic oxidation sites excluding steroid dienone is 8. The second-order valence-electron chi connectivity index (χ2n) is 7.75. The van der Waals surface area contributed by atoms with E-state index in [1.807, 2.05) is 0 Å². The first kappa shape index (κ1) is 25.6. The fourth-order valence-corrected chi connectivity index (χ4v) is 2.80. The van der Waals surface area contributed by atoms with Crippen molar-refractivity contribution in [3.8, 4) is 0 Å². The lowest BCUT2D eigenvalue weighted by Gasteiger charge is -2.18. The van der Waals surface area contributed by atoms with Crippen LogP contribution in [0.1, 0.15) is 73.6 Å². The van der Waals surface area contributed by atoms with Crippen LogP contribution in [0.2, 0.25) is 0 Å². The average Bonchev–Trinajstić information content (AvgIpc) is 2.58. The molecule has 0 spiro atoms. The van der Waals surface area contributed by atoms with Gasteiger partial charge >= 0.3 is 0 Å². The van der Waals surface area contributed by atoms with Gasteiger partial charge in [0.05, 0.1) is 0 Å². The number of rotatable bonds is 13. The van der Waals surface area contributed by atoms with Gasteiger partial charge in [0, 0.05) is 20.1 Å². The van der Waals surface area contributed by atoms with Crippen molar-refractivity contribution in [1.82, 2.24) is 0 Å². The van der Waals surface area contributed by atoms with Crippen LogP contribution in [0.15, 0.2) is 46.6 Å². The molecule has 0 saturated heterocycles. The van der Waals surface area contributed by atoms with Gasteiger partial charge in [0.25, 0.3) is 0 Å². The summed E-state index contributed by atoms with van der Waals surface area (Å²) in [6, 6.07) is 0. The summed E-state index contributed by atoms with van der Waals surface area (Å²) >= 11 is 0. The van der Waals surface area contributed by atoms with Crippen LogP contribution in [0.4, 0.5) is 0 Å². The average molecular weight is 377 g/mol. The molecule has 154 valence electrons. The third-order valence-corrected chi connectivity index (χ3v) is 4.41. The highest BCUT2D eigenvalue weighted by atomic mass is 16.7. The highest BCUT2D eigenvalue weighted by molar-refractivity contribution is 5.86. The van der Waals surface area contributed by atoms with Crippen molar-refractivity contribution in [3.63, 3.8) is 0 Å². The van der Waals surface area contributed by atoms with Crippen LogP contribution in [0.25, 0.3) is 0 Å². The van der Waals surface area contributed by atoms with Gasteiger partial charge in [-0.1, -0.05) is 46.6 Å². The number of carbonyl (C=O) groups excluding carboxylic acids is 1. The first-order valence-corrected chi connectivity index (χ1v) is 9.90. The van der Waals surface area contributed by atoms with Gasteiger partial charge in [-0.2, -0.15) is 0 Å². The normalized spacial score (nSPS) is 13.5. The van der Waals surface area contributed by atoms with E-state index in [4.69, 9.17) is 9.47 Å². The Balaban J connectivity index is 5.15. The van der Waals surface area contributed by atoms with Gasteiger partial charge in [-0.3, -0.25) is 4.79 Å². The van der Waals surface area contributed by atoms with Gasteiger partial charge in [-0.05, 0) is 73.6 Å². The minimum atomic E-state index is -0.809. The van der Waals surface area contributed by atoms with Crippen molar-refractivity contribution in [3.05, 3.63) is 46.6 Å². The Hall–Kier alpha value is -1.45. The quantitative estimate of drug-likeness (QED) is 0.269. The Morgan fingerprint density at radius 2 is 1.26 bits per heavy atom. The molecule has 0 aliphatic rings. The monoisotopic (exact) mass is 376 g/mol. The summed E-state index contributed by atoms with van der Waals surface area (Å²) in [4.78, 5) is 12.8. The summed E-state index contributed by atoms with van der Waals surface area (Å²) in [5, 5.41) is 0. The van der Waals surface area contributed by atoms with E-state index in [-0.39, 0.29) is 11.7 Å². The molecule has 0 bridgehead atoms. The highest BCUT2D eigenvalue weighted by Gasteiger charge is 2.24. The van der Waals surface area contributed by atoms with Crippen LogP contribution in [0.5, 0.6) is 0 Å². The van der Waals surface area contributed by atoms with Crippen molar-refractivity contribution in [2.45, 2.75) is 79.9 Å². The minimum Gasteiger partial charge on any atom is -0.349 e. The Labute approximate surface area is 167 Å². The number of ether oxygens (including phenoxy) is 2. The van der Waals surface area contributed by atoms with E-state index < -0.39 is 6.29 Å². The summed E-state index contributed by atoms with van der Waals surface area (Å²) in [6.07, 6.45) is 12.7. The molecule has 0 aromatic carbocycles. The van der Waals surface area contributed by atoms with E-state index in [1.165, 1.54) is 36.5 Å². The molecule has 0 heterocycles. The minimum absolute atomic E-state index is 0.0186. The largest absolute Gasteiger partial charge is 0.349 e. The number of ketones is 1. The molecule has 0 rings (SSSR count). The molecule has 0 aromatic heterocycles. The van der Waals surface area contributed by atoms with E-state index in [0.717, 1.165) is 25.7 Å². The van der Waals surface area contributed by atoms with Crippen molar-refractivity contribution < 1.29 is 14.3 Å². The maximum Gasteiger partial charge on any atom is 0.217 e. The van der Waals surface area contributed by atoms with E-state index in [2.05, 4.69) is 65.8 Å². The smallest absolute Gasteiger partial charge is 0.217 e. The molecule has 3 heteroatoms. The molecule has 0 radical (unpaired) electrons. The summed E-state index contributed by atoms with van der Waals surface area (Å²) < 4.78 is 10.4. The molecular weight excluding hydrogens is 336 g/mol. The molecule has 1 atom stereocenters. The fraction of sp³-hybridized carbons (Fsp3) is 0.625. The number of hydrogen-bond donors (Lipinski definition) is 0. The van der Waals surface area contributed by atoms with Crippen molar-refractivity contribution in [2.24, 2.45) is 5.92 Å². The second kappa shape index (κ2) is 14.6. The third kappa shape index (κ3) is 12.5. The predicted molar refractivity (Wildman–Crippen MR) is 116 cm³/mol. The molecule has 3 nitrogen and oxygen atoms in total. The molecular formula is C24H40O3. The lowest BCUT2D eigenvalue weighted by atomic mass is 9.93. The van der Waals surface area contributed by atoms with Crippen LogP contribution in [0, 0.1) is 5.92 Å². The first-order chi connectivity index (χ1) is 12.7. The van der Waals surface area contributed by atoms with Gasteiger partial charge in [0.2, 0.25) is 6.29 Å². The lowest BCUT2D eigenvalue weighted by molar-refractivity contribution is -0.159. The molecule has 0 aliphatic carbocycles. The van der Waals surface area contributed by atoms with Gasteiger partial charge in [-0.25, -0.2) is 0 Å². The predicted octanol–water partition coefficient (Wildman–Crippen LogP) is 6.57. The Morgan fingerprint density at radius 1 is 0.778 bits per heavy atom. The van der Waals surface area contributed by atoms with Crippen LogP contribution >= 0.6 is 0 Å². The van der Waals surface area contributed by atoms with Gasteiger partial charge < -0.3 is 9.47 Å². The molecule has 1 unspecified atom stereocenters. The standard InChI is InChI=1S/C24H40O3/c1-18(2)11-9-13-20(5)15-16-22(23(25)24(26-7)27-8)17-21(6)14-10-12-19(3)4/h11-12,15,17,22,24H,9-10,13-14,16H2,1-8H3. The van der Waals surface area contributed by atoms with E-state index in [1.54, 1.807) is 0 Å². The molecule has 0 aliphatic heterocycles. The van der Waals surface area contributed by atoms with E-state index in [9.17, 15) is 4.79 Å². The number of carbonyl (C=O) groups is 1. The summed E-state index contributed by atoms with van der Waals surface area (Å²) in [5.74, 6) is -0.241. The maximum atomic E-state index is 12.8. The van der Waals surface area contributed by atoms with Crippen molar-refractivity contribution in [2.75, 3.05) is 14.2 Å². The fourth-order valence-electron chi connectivity index (χ4n) is 2.80. The van der Waals surface area contributed by atoms with Crippen LogP contribution < -0.4 is 0 Å². The van der Waals surface area contributed by atoms with E-state index in [0.29, 0.717) is 6.42 Å².